The van der Waals surface area contributed by atoms with Crippen molar-refractivity contribution in [1.82, 2.24) is 4.90 Å². The van der Waals surface area contributed by atoms with Crippen LogP contribution in [0.1, 0.15) is 25.7 Å². The van der Waals surface area contributed by atoms with Crippen LogP contribution in [0.2, 0.25) is 0 Å². The molecule has 9 heteroatoms. The summed E-state index contributed by atoms with van der Waals surface area (Å²) in [7, 11) is 0.943. The molecule has 0 aromatic heterocycles. The summed E-state index contributed by atoms with van der Waals surface area (Å²) in [6.45, 7) is 0. The van der Waals surface area contributed by atoms with Gasteiger partial charge in [0.05, 0.1) is 5.38 Å². The van der Waals surface area contributed by atoms with Crippen LogP contribution in [0.25, 0.3) is 0 Å². The van der Waals surface area contributed by atoms with Crippen molar-refractivity contribution in [2.45, 2.75) is 49.5 Å². The van der Waals surface area contributed by atoms with Crippen LogP contribution in [0.4, 0.5) is 26.3 Å². The van der Waals surface area contributed by atoms with Crippen molar-refractivity contribution in [1.29, 1.82) is 0 Å². The Labute approximate surface area is 117 Å². The van der Waals surface area contributed by atoms with Gasteiger partial charge >= 0.3 is 12.4 Å². The fraction of sp³-hybridized carbons (Fsp3) is 0.909. The van der Waals surface area contributed by atoms with Gasteiger partial charge in [0.2, 0.25) is 11.8 Å². The van der Waals surface area contributed by atoms with E-state index in [9.17, 15) is 31.1 Å². The molecule has 0 aliphatic heterocycles. The summed E-state index contributed by atoms with van der Waals surface area (Å²) >= 11 is 5.90. The van der Waals surface area contributed by atoms with Crippen molar-refractivity contribution in [2.75, 3.05) is 7.05 Å². The Morgan fingerprint density at radius 1 is 1.10 bits per heavy atom. The van der Waals surface area contributed by atoms with Crippen LogP contribution in [0.5, 0.6) is 0 Å². The summed E-state index contributed by atoms with van der Waals surface area (Å²) in [6, 6.07) is -0.801. The monoisotopic (exact) mass is 325 g/mol. The smallest absolute Gasteiger partial charge is 0.340 e. The van der Waals surface area contributed by atoms with Gasteiger partial charge in [-0.15, -0.1) is 11.6 Å². The van der Waals surface area contributed by atoms with Gasteiger partial charge in [-0.1, -0.05) is 12.8 Å². The minimum Gasteiger partial charge on any atom is -0.340 e. The molecule has 1 aliphatic carbocycles. The molecule has 1 amide bonds. The predicted molar refractivity (Wildman–Crippen MR) is 60.3 cm³/mol. The van der Waals surface area contributed by atoms with E-state index in [2.05, 4.69) is 0 Å². The van der Waals surface area contributed by atoms with Crippen molar-refractivity contribution in [3.05, 3.63) is 0 Å². The van der Waals surface area contributed by atoms with E-state index in [-0.39, 0.29) is 0 Å². The Kier molecular flexibility index (Phi) is 5.21. The number of carbonyl (C=O) groups is 1. The minimum absolute atomic E-state index is 0.304. The maximum atomic E-state index is 12.5. The average Bonchev–Trinajstić information content (AvgIpc) is 2.24. The number of nitrogens with zero attached hydrogens (tertiary/aromatic N) is 1. The number of hydrogen-bond donors (Lipinski definition) is 0. The molecule has 1 rings (SSSR count). The summed E-state index contributed by atoms with van der Waals surface area (Å²) < 4.78 is 74.9. The quantitative estimate of drug-likeness (QED) is 0.559. The molecule has 20 heavy (non-hydrogen) atoms. The zero-order valence-corrected chi connectivity index (χ0v) is 11.3. The fourth-order valence-electron chi connectivity index (χ4n) is 2.33. The minimum atomic E-state index is -5.67. The average molecular weight is 326 g/mol. The molecule has 1 fully saturated rings. The number of carbonyl (C=O) groups excluding carboxylic acids is 1. The first-order valence-corrected chi connectivity index (χ1v) is 6.44. The molecule has 0 radical (unpaired) electrons. The highest BCUT2D eigenvalue weighted by Gasteiger charge is 2.62. The Balaban J connectivity index is 2.95. The first-order chi connectivity index (χ1) is 8.96. The first-order valence-electron chi connectivity index (χ1n) is 6.00. The largest absolute Gasteiger partial charge is 0.409 e. The molecule has 2 atom stereocenters. The van der Waals surface area contributed by atoms with Crippen molar-refractivity contribution >= 4 is 17.5 Å². The van der Waals surface area contributed by atoms with Gasteiger partial charge in [-0.25, -0.2) is 0 Å². The van der Waals surface area contributed by atoms with Gasteiger partial charge in [-0.05, 0) is 12.8 Å². The second-order valence-electron chi connectivity index (χ2n) is 4.83. The third-order valence-corrected chi connectivity index (χ3v) is 3.90. The van der Waals surface area contributed by atoms with E-state index >= 15 is 0 Å². The second-order valence-corrected chi connectivity index (χ2v) is 5.39. The molecule has 0 heterocycles. The lowest BCUT2D eigenvalue weighted by molar-refractivity contribution is -0.277. The van der Waals surface area contributed by atoms with Crippen LogP contribution in [-0.4, -0.2) is 41.6 Å². The maximum absolute atomic E-state index is 12.5. The van der Waals surface area contributed by atoms with Crippen LogP contribution < -0.4 is 0 Å². The van der Waals surface area contributed by atoms with Crippen LogP contribution >= 0.6 is 11.6 Å². The van der Waals surface area contributed by atoms with Gasteiger partial charge < -0.3 is 4.90 Å². The molecule has 2 unspecified atom stereocenters. The predicted octanol–water partition coefficient (Wildman–Crippen LogP) is 3.74. The van der Waals surface area contributed by atoms with Gasteiger partial charge in [0.15, 0.2) is 0 Å². The van der Waals surface area contributed by atoms with Crippen molar-refractivity contribution in [3.63, 3.8) is 0 Å². The molecule has 0 aromatic rings. The number of amides is 1. The normalized spacial score (nSPS) is 24.9. The molecular formula is C11H14ClF6NO. The van der Waals surface area contributed by atoms with Gasteiger partial charge in [0.25, 0.3) is 0 Å². The van der Waals surface area contributed by atoms with Gasteiger partial charge in [-0.2, -0.15) is 26.3 Å². The lowest BCUT2D eigenvalue weighted by Crippen LogP contribution is -2.53. The van der Waals surface area contributed by atoms with Crippen LogP contribution in [-0.2, 0) is 4.79 Å². The summed E-state index contributed by atoms with van der Waals surface area (Å²) in [6.07, 6.45) is -9.20. The first kappa shape index (κ1) is 17.4. The molecule has 2 nitrogen and oxygen atoms in total. The SMILES string of the molecule is CN(C(=O)C(C(F)(F)F)C(F)(F)F)C1CCCCC1Cl. The summed E-state index contributed by atoms with van der Waals surface area (Å²) in [4.78, 5) is 12.1. The molecule has 1 aliphatic rings. The highest BCUT2D eigenvalue weighted by atomic mass is 35.5. The maximum Gasteiger partial charge on any atom is 0.409 e. The van der Waals surface area contributed by atoms with Gasteiger partial charge in [0, 0.05) is 13.1 Å². The summed E-state index contributed by atoms with van der Waals surface area (Å²) in [5.74, 6) is -5.99. The topological polar surface area (TPSA) is 20.3 Å². The zero-order chi connectivity index (χ0) is 15.7. The van der Waals surface area contributed by atoms with E-state index in [1.165, 1.54) is 0 Å². The number of rotatable bonds is 2. The Bertz CT molecular complexity index is 342. The van der Waals surface area contributed by atoms with E-state index in [4.69, 9.17) is 11.6 Å². The summed E-state index contributed by atoms with van der Waals surface area (Å²) in [5, 5.41) is -0.625. The molecule has 0 bridgehead atoms. The van der Waals surface area contributed by atoms with E-state index in [1.54, 1.807) is 0 Å². The fourth-order valence-corrected chi connectivity index (χ4v) is 2.78. The van der Waals surface area contributed by atoms with Crippen molar-refractivity contribution < 1.29 is 31.1 Å². The number of halogens is 7. The van der Waals surface area contributed by atoms with Crippen molar-refractivity contribution in [3.8, 4) is 0 Å². The second kappa shape index (κ2) is 5.99. The molecule has 118 valence electrons. The van der Waals surface area contributed by atoms with Gasteiger partial charge in [-0.3, -0.25) is 4.79 Å². The van der Waals surface area contributed by atoms with Crippen LogP contribution in [0.15, 0.2) is 0 Å². The Morgan fingerprint density at radius 3 is 1.95 bits per heavy atom. The lowest BCUT2D eigenvalue weighted by Gasteiger charge is -2.37. The van der Waals surface area contributed by atoms with E-state index < -0.39 is 35.6 Å². The molecule has 0 aromatic carbocycles. The highest BCUT2D eigenvalue weighted by molar-refractivity contribution is 6.21. The molecule has 0 spiro atoms. The summed E-state index contributed by atoms with van der Waals surface area (Å²) in [5.41, 5.74) is 0. The standard InChI is InChI=1S/C11H14ClF6NO/c1-19(7-5-3-2-4-6(7)12)9(20)8(10(13,14)15)11(16,17)18/h6-8H,2-5H2,1H3. The zero-order valence-electron chi connectivity index (χ0n) is 10.6. The molecular weight excluding hydrogens is 312 g/mol. The Hall–Kier alpha value is -0.660. The Morgan fingerprint density at radius 2 is 1.55 bits per heavy atom. The third-order valence-electron chi connectivity index (χ3n) is 3.39. The number of hydrogen-bond acceptors (Lipinski definition) is 1. The van der Waals surface area contributed by atoms with E-state index in [0.29, 0.717) is 24.2 Å². The van der Waals surface area contributed by atoms with Crippen molar-refractivity contribution in [2.24, 2.45) is 5.92 Å². The van der Waals surface area contributed by atoms with Crippen LogP contribution in [0.3, 0.4) is 0 Å². The highest BCUT2D eigenvalue weighted by Crippen LogP contribution is 2.41. The van der Waals surface area contributed by atoms with E-state index in [0.717, 1.165) is 13.5 Å². The van der Waals surface area contributed by atoms with E-state index in [1.807, 2.05) is 0 Å². The number of alkyl halides is 7. The lowest BCUT2D eigenvalue weighted by atomic mass is 9.93. The molecule has 0 N–H and O–H groups in total. The third kappa shape index (κ3) is 3.93. The molecule has 1 saturated carbocycles. The van der Waals surface area contributed by atoms with Crippen LogP contribution in [0, 0.1) is 5.92 Å². The van der Waals surface area contributed by atoms with Gasteiger partial charge in [0.1, 0.15) is 0 Å². The molecule has 0 saturated heterocycles.